The molecule has 0 saturated carbocycles. The van der Waals surface area contributed by atoms with E-state index in [0.29, 0.717) is 29.0 Å². The molecular weight excluding hydrogens is 422 g/mol. The fraction of sp³-hybridized carbons (Fsp3) is 0.222. The van der Waals surface area contributed by atoms with Gasteiger partial charge in [0.15, 0.2) is 5.03 Å². The summed E-state index contributed by atoms with van der Waals surface area (Å²) in [5, 5.41) is 3.44. The number of halogens is 1. The molecule has 1 aliphatic heterocycles. The summed E-state index contributed by atoms with van der Waals surface area (Å²) in [4.78, 5) is 2.59. The van der Waals surface area contributed by atoms with Gasteiger partial charge in [-0.3, -0.25) is 0 Å². The molecule has 4 rings (SSSR count). The SMILES string of the molecule is O=S(=O)(c1ccccc1)c1c(S(=O)(=O)N2CCNCC2)[nH]c2cc(Cl)ccc12. The van der Waals surface area contributed by atoms with Crippen LogP contribution in [0.1, 0.15) is 0 Å². The van der Waals surface area contributed by atoms with Crippen LogP contribution in [0.5, 0.6) is 0 Å². The molecule has 148 valence electrons. The third kappa shape index (κ3) is 3.23. The first kappa shape index (κ1) is 19.4. The Bertz CT molecular complexity index is 1230. The van der Waals surface area contributed by atoms with E-state index in [1.807, 2.05) is 0 Å². The Kier molecular flexibility index (Phi) is 4.96. The van der Waals surface area contributed by atoms with E-state index in [1.54, 1.807) is 24.3 Å². The molecule has 0 aliphatic carbocycles. The van der Waals surface area contributed by atoms with Crippen molar-refractivity contribution in [1.82, 2.24) is 14.6 Å². The number of hydrogen-bond acceptors (Lipinski definition) is 5. The zero-order chi connectivity index (χ0) is 19.9. The van der Waals surface area contributed by atoms with Crippen molar-refractivity contribution in [3.63, 3.8) is 0 Å². The first-order valence-electron chi connectivity index (χ1n) is 8.64. The molecule has 0 bridgehead atoms. The Balaban J connectivity index is 2.01. The maximum Gasteiger partial charge on any atom is 0.259 e. The van der Waals surface area contributed by atoms with Crippen molar-refractivity contribution >= 4 is 42.4 Å². The van der Waals surface area contributed by atoms with Gasteiger partial charge in [-0.05, 0) is 30.3 Å². The molecule has 2 N–H and O–H groups in total. The summed E-state index contributed by atoms with van der Waals surface area (Å²) in [6, 6.07) is 12.4. The zero-order valence-electron chi connectivity index (χ0n) is 14.7. The summed E-state index contributed by atoms with van der Waals surface area (Å²) in [5.41, 5.74) is 0.357. The normalized spacial score (nSPS) is 16.5. The van der Waals surface area contributed by atoms with Crippen molar-refractivity contribution in [2.45, 2.75) is 14.8 Å². The van der Waals surface area contributed by atoms with Gasteiger partial charge in [-0.1, -0.05) is 29.8 Å². The molecule has 7 nitrogen and oxygen atoms in total. The van der Waals surface area contributed by atoms with Gasteiger partial charge in [-0.15, -0.1) is 0 Å². The van der Waals surface area contributed by atoms with Gasteiger partial charge >= 0.3 is 0 Å². The van der Waals surface area contributed by atoms with Crippen LogP contribution in [0.25, 0.3) is 10.9 Å². The molecule has 3 aromatic rings. The Labute approximate surface area is 168 Å². The van der Waals surface area contributed by atoms with E-state index in [9.17, 15) is 16.8 Å². The van der Waals surface area contributed by atoms with Crippen LogP contribution in [-0.2, 0) is 19.9 Å². The van der Waals surface area contributed by atoms with Crippen molar-refractivity contribution in [3.05, 3.63) is 53.6 Å². The van der Waals surface area contributed by atoms with Gasteiger partial charge in [0, 0.05) is 42.1 Å². The molecule has 10 heteroatoms. The molecule has 1 saturated heterocycles. The summed E-state index contributed by atoms with van der Waals surface area (Å²) in [5.74, 6) is 0. The smallest absolute Gasteiger partial charge is 0.259 e. The summed E-state index contributed by atoms with van der Waals surface area (Å²) in [6.45, 7) is 1.55. The van der Waals surface area contributed by atoms with Gasteiger partial charge in [-0.2, -0.15) is 4.31 Å². The number of sulfonamides is 1. The predicted molar refractivity (Wildman–Crippen MR) is 107 cm³/mol. The quantitative estimate of drug-likeness (QED) is 0.649. The summed E-state index contributed by atoms with van der Waals surface area (Å²) < 4.78 is 54.7. The molecular formula is C18H18ClN3O4S2. The Morgan fingerprint density at radius 2 is 1.61 bits per heavy atom. The highest BCUT2D eigenvalue weighted by Crippen LogP contribution is 2.36. The predicted octanol–water partition coefficient (Wildman–Crippen LogP) is 2.25. The second kappa shape index (κ2) is 7.16. The highest BCUT2D eigenvalue weighted by atomic mass is 35.5. The lowest BCUT2D eigenvalue weighted by Gasteiger charge is -2.26. The van der Waals surface area contributed by atoms with Gasteiger partial charge in [0.05, 0.1) is 4.90 Å². The molecule has 2 aromatic carbocycles. The molecule has 0 radical (unpaired) electrons. The fourth-order valence-electron chi connectivity index (χ4n) is 3.30. The van der Waals surface area contributed by atoms with Crippen LogP contribution < -0.4 is 5.32 Å². The van der Waals surface area contributed by atoms with Crippen LogP contribution in [-0.4, -0.2) is 52.3 Å². The largest absolute Gasteiger partial charge is 0.343 e. The molecule has 0 unspecified atom stereocenters. The summed E-state index contributed by atoms with van der Waals surface area (Å²) in [6.07, 6.45) is 0. The number of rotatable bonds is 4. The molecule has 0 atom stereocenters. The van der Waals surface area contributed by atoms with Crippen molar-refractivity contribution in [2.75, 3.05) is 26.2 Å². The van der Waals surface area contributed by atoms with Crippen molar-refractivity contribution in [3.8, 4) is 0 Å². The molecule has 1 fully saturated rings. The van der Waals surface area contributed by atoms with Crippen molar-refractivity contribution < 1.29 is 16.8 Å². The minimum Gasteiger partial charge on any atom is -0.343 e. The third-order valence-electron chi connectivity index (χ3n) is 4.68. The van der Waals surface area contributed by atoms with E-state index >= 15 is 0 Å². The van der Waals surface area contributed by atoms with Crippen LogP contribution in [0.4, 0.5) is 0 Å². The second-order valence-electron chi connectivity index (χ2n) is 6.44. The lowest BCUT2D eigenvalue weighted by atomic mass is 10.2. The number of H-pyrrole nitrogens is 1. The Morgan fingerprint density at radius 1 is 0.929 bits per heavy atom. The maximum atomic E-state index is 13.4. The van der Waals surface area contributed by atoms with Crippen LogP contribution in [0.15, 0.2) is 63.3 Å². The third-order valence-corrected chi connectivity index (χ3v) is 8.76. The number of nitrogens with one attached hydrogen (secondary N) is 2. The first-order chi connectivity index (χ1) is 13.3. The number of benzene rings is 2. The second-order valence-corrected chi connectivity index (χ2v) is 10.6. The van der Waals surface area contributed by atoms with Gasteiger partial charge < -0.3 is 10.3 Å². The topological polar surface area (TPSA) is 99.3 Å². The van der Waals surface area contributed by atoms with Crippen LogP contribution in [0.2, 0.25) is 5.02 Å². The van der Waals surface area contributed by atoms with Gasteiger partial charge in [-0.25, -0.2) is 16.8 Å². The van der Waals surface area contributed by atoms with E-state index in [-0.39, 0.29) is 27.9 Å². The zero-order valence-corrected chi connectivity index (χ0v) is 17.1. The molecule has 1 aliphatic rings. The lowest BCUT2D eigenvalue weighted by molar-refractivity contribution is 0.358. The number of hydrogen-bond donors (Lipinski definition) is 2. The van der Waals surface area contributed by atoms with E-state index in [1.165, 1.54) is 28.6 Å². The molecule has 2 heterocycles. The van der Waals surface area contributed by atoms with E-state index in [2.05, 4.69) is 10.3 Å². The number of aromatic amines is 1. The van der Waals surface area contributed by atoms with Gasteiger partial charge in [0.2, 0.25) is 9.84 Å². The number of piperazine rings is 1. The average molecular weight is 440 g/mol. The monoisotopic (exact) mass is 439 g/mol. The van der Waals surface area contributed by atoms with E-state index in [4.69, 9.17) is 11.6 Å². The number of fused-ring (bicyclic) bond motifs is 1. The minimum absolute atomic E-state index is 0.0302. The van der Waals surface area contributed by atoms with Crippen LogP contribution >= 0.6 is 11.6 Å². The van der Waals surface area contributed by atoms with Gasteiger partial charge in [0.1, 0.15) is 4.90 Å². The number of sulfone groups is 1. The highest BCUT2D eigenvalue weighted by Gasteiger charge is 2.36. The lowest BCUT2D eigenvalue weighted by Crippen LogP contribution is -2.46. The van der Waals surface area contributed by atoms with Crippen LogP contribution in [0.3, 0.4) is 0 Å². The minimum atomic E-state index is -4.08. The Morgan fingerprint density at radius 3 is 2.29 bits per heavy atom. The molecule has 0 amide bonds. The number of aromatic nitrogens is 1. The Hall–Kier alpha value is -1.91. The average Bonchev–Trinajstić information content (AvgIpc) is 3.09. The standard InChI is InChI=1S/C18H18ClN3O4S2/c19-13-6-7-15-16(12-13)21-18(28(25,26)22-10-8-20-9-11-22)17(15)27(23,24)14-4-2-1-3-5-14/h1-7,12,20-21H,8-11H2. The highest BCUT2D eigenvalue weighted by molar-refractivity contribution is 7.93. The number of nitrogens with zero attached hydrogens (tertiary/aromatic N) is 1. The molecule has 28 heavy (non-hydrogen) atoms. The van der Waals surface area contributed by atoms with Gasteiger partial charge in [0.25, 0.3) is 10.0 Å². The van der Waals surface area contributed by atoms with Crippen molar-refractivity contribution in [1.29, 1.82) is 0 Å². The summed E-state index contributed by atoms with van der Waals surface area (Å²) >= 11 is 6.04. The fourth-order valence-corrected chi connectivity index (χ4v) is 7.13. The van der Waals surface area contributed by atoms with Crippen LogP contribution in [0, 0.1) is 0 Å². The maximum absolute atomic E-state index is 13.4. The van der Waals surface area contributed by atoms with E-state index < -0.39 is 19.9 Å². The summed E-state index contributed by atoms with van der Waals surface area (Å²) in [7, 11) is -8.13. The van der Waals surface area contributed by atoms with E-state index in [0.717, 1.165) is 0 Å². The van der Waals surface area contributed by atoms with Crippen molar-refractivity contribution in [2.24, 2.45) is 0 Å². The molecule has 0 spiro atoms. The first-order valence-corrected chi connectivity index (χ1v) is 11.9. The molecule has 1 aromatic heterocycles.